The molecule has 0 bridgehead atoms. The van der Waals surface area contributed by atoms with Crippen molar-refractivity contribution in [3.05, 3.63) is 11.9 Å². The molecule has 0 spiro atoms. The number of rotatable bonds is 7. The summed E-state index contributed by atoms with van der Waals surface area (Å²) in [7, 11) is 2.88. The van der Waals surface area contributed by atoms with Crippen molar-refractivity contribution >= 4 is 0 Å². The summed E-state index contributed by atoms with van der Waals surface area (Å²) in [6.45, 7) is 6.11. The van der Waals surface area contributed by atoms with Crippen molar-refractivity contribution in [2.75, 3.05) is 20.6 Å². The fourth-order valence-electron chi connectivity index (χ4n) is 2.00. The van der Waals surface area contributed by atoms with Gasteiger partial charge in [0.1, 0.15) is 6.04 Å². The Kier molecular flexibility index (Phi) is 6.15. The summed E-state index contributed by atoms with van der Waals surface area (Å²) < 4.78 is 40.2. The molecule has 1 heterocycles. The number of alkyl halides is 3. The van der Waals surface area contributed by atoms with Gasteiger partial charge >= 0.3 is 6.18 Å². The molecule has 0 aliphatic heterocycles. The normalized spacial score (nSPS) is 15.7. The lowest BCUT2D eigenvalue weighted by atomic mass is 10.1. The van der Waals surface area contributed by atoms with Gasteiger partial charge in [0.25, 0.3) is 0 Å². The topological polar surface area (TPSA) is 46.0 Å². The van der Waals surface area contributed by atoms with Crippen molar-refractivity contribution in [3.8, 4) is 0 Å². The Hall–Kier alpha value is -1.15. The van der Waals surface area contributed by atoms with Crippen LogP contribution >= 0.6 is 0 Å². The predicted octanol–water partition coefficient (Wildman–Crippen LogP) is 2.39. The lowest BCUT2D eigenvalue weighted by Gasteiger charge is -2.27. The average Bonchev–Trinajstić information content (AvgIpc) is 2.81. The van der Waals surface area contributed by atoms with Crippen molar-refractivity contribution in [3.63, 3.8) is 0 Å². The Morgan fingerprint density at radius 3 is 2.33 bits per heavy atom. The zero-order chi connectivity index (χ0) is 16.2. The van der Waals surface area contributed by atoms with Gasteiger partial charge in [0.2, 0.25) is 0 Å². The van der Waals surface area contributed by atoms with Gasteiger partial charge < -0.3 is 5.32 Å². The Bertz CT molecular complexity index is 428. The van der Waals surface area contributed by atoms with Crippen molar-refractivity contribution < 1.29 is 13.2 Å². The standard InChI is InChI=1S/C13H24F3N5/c1-9(2)21-8-11(18-19-21)10(3)17-7-6-12(20(4)5)13(14,15)16/h8-10,12,17H,6-7H2,1-5H3. The van der Waals surface area contributed by atoms with Gasteiger partial charge in [0.15, 0.2) is 0 Å². The Labute approximate surface area is 123 Å². The molecule has 0 aliphatic carbocycles. The highest BCUT2D eigenvalue weighted by molar-refractivity contribution is 4.99. The van der Waals surface area contributed by atoms with Crippen LogP contribution in [0, 0.1) is 0 Å². The third-order valence-corrected chi connectivity index (χ3v) is 3.37. The van der Waals surface area contributed by atoms with Crippen LogP contribution in [0.15, 0.2) is 6.20 Å². The summed E-state index contributed by atoms with van der Waals surface area (Å²) in [5.74, 6) is 0. The maximum atomic E-state index is 12.8. The fraction of sp³-hybridized carbons (Fsp3) is 0.846. The van der Waals surface area contributed by atoms with Crippen LogP contribution in [0.3, 0.4) is 0 Å². The molecule has 1 rings (SSSR count). The molecule has 21 heavy (non-hydrogen) atoms. The summed E-state index contributed by atoms with van der Waals surface area (Å²) in [5, 5.41) is 11.1. The highest BCUT2D eigenvalue weighted by Crippen LogP contribution is 2.25. The van der Waals surface area contributed by atoms with Gasteiger partial charge in [-0.15, -0.1) is 5.10 Å². The molecule has 1 aromatic rings. The van der Waals surface area contributed by atoms with E-state index < -0.39 is 12.2 Å². The van der Waals surface area contributed by atoms with Crippen LogP contribution in [0.25, 0.3) is 0 Å². The largest absolute Gasteiger partial charge is 0.404 e. The Morgan fingerprint density at radius 2 is 1.90 bits per heavy atom. The summed E-state index contributed by atoms with van der Waals surface area (Å²) in [6.07, 6.45) is -2.40. The van der Waals surface area contributed by atoms with E-state index in [2.05, 4.69) is 15.6 Å². The number of nitrogens with one attached hydrogen (secondary N) is 1. The number of hydrogen-bond donors (Lipinski definition) is 1. The molecular weight excluding hydrogens is 283 g/mol. The van der Waals surface area contributed by atoms with E-state index in [1.807, 2.05) is 27.0 Å². The van der Waals surface area contributed by atoms with E-state index in [1.54, 1.807) is 4.68 Å². The SMILES string of the molecule is CC(NCCC(N(C)C)C(F)(F)F)c1cn(C(C)C)nn1. The minimum Gasteiger partial charge on any atom is -0.309 e. The van der Waals surface area contributed by atoms with Gasteiger partial charge in [-0.3, -0.25) is 4.90 Å². The van der Waals surface area contributed by atoms with Crippen molar-refractivity contribution in [1.82, 2.24) is 25.2 Å². The van der Waals surface area contributed by atoms with Gasteiger partial charge in [0, 0.05) is 6.04 Å². The summed E-state index contributed by atoms with van der Waals surface area (Å²) in [5.41, 5.74) is 0.733. The molecule has 122 valence electrons. The first kappa shape index (κ1) is 17.9. The minimum atomic E-state index is -4.21. The monoisotopic (exact) mass is 307 g/mol. The van der Waals surface area contributed by atoms with E-state index >= 15 is 0 Å². The van der Waals surface area contributed by atoms with Crippen LogP contribution in [-0.4, -0.2) is 52.8 Å². The first-order valence-electron chi connectivity index (χ1n) is 7.01. The lowest BCUT2D eigenvalue weighted by molar-refractivity contribution is -0.178. The maximum absolute atomic E-state index is 12.8. The van der Waals surface area contributed by atoms with Crippen LogP contribution in [-0.2, 0) is 0 Å². The molecule has 2 atom stereocenters. The van der Waals surface area contributed by atoms with Crippen LogP contribution < -0.4 is 5.32 Å². The van der Waals surface area contributed by atoms with E-state index in [9.17, 15) is 13.2 Å². The molecular formula is C13H24F3N5. The Balaban J connectivity index is 2.50. The van der Waals surface area contributed by atoms with Crippen molar-refractivity contribution in [2.24, 2.45) is 0 Å². The molecule has 0 aliphatic rings. The quantitative estimate of drug-likeness (QED) is 0.840. The second-order valence-corrected chi connectivity index (χ2v) is 5.70. The van der Waals surface area contributed by atoms with Crippen molar-refractivity contribution in [2.45, 2.75) is 51.5 Å². The highest BCUT2D eigenvalue weighted by atomic mass is 19.4. The van der Waals surface area contributed by atoms with E-state index in [0.717, 1.165) is 5.69 Å². The summed E-state index contributed by atoms with van der Waals surface area (Å²) >= 11 is 0. The van der Waals surface area contributed by atoms with Gasteiger partial charge in [0.05, 0.1) is 17.9 Å². The molecule has 1 aromatic heterocycles. The highest BCUT2D eigenvalue weighted by Gasteiger charge is 2.40. The van der Waals surface area contributed by atoms with Crippen LogP contribution in [0.4, 0.5) is 13.2 Å². The fourth-order valence-corrected chi connectivity index (χ4v) is 2.00. The maximum Gasteiger partial charge on any atom is 0.404 e. The number of nitrogens with zero attached hydrogens (tertiary/aromatic N) is 4. The molecule has 2 unspecified atom stereocenters. The average molecular weight is 307 g/mol. The third-order valence-electron chi connectivity index (χ3n) is 3.37. The number of aromatic nitrogens is 3. The first-order chi connectivity index (χ1) is 9.62. The Morgan fingerprint density at radius 1 is 1.29 bits per heavy atom. The molecule has 5 nitrogen and oxygen atoms in total. The van der Waals surface area contributed by atoms with Gasteiger partial charge in [-0.25, -0.2) is 4.68 Å². The van der Waals surface area contributed by atoms with Crippen LogP contribution in [0.2, 0.25) is 0 Å². The third kappa shape index (κ3) is 5.28. The first-order valence-corrected chi connectivity index (χ1v) is 7.01. The van der Waals surface area contributed by atoms with E-state index in [1.165, 1.54) is 19.0 Å². The van der Waals surface area contributed by atoms with Gasteiger partial charge in [-0.05, 0) is 47.8 Å². The molecule has 1 N–H and O–H groups in total. The molecule has 0 saturated heterocycles. The molecule has 8 heteroatoms. The second-order valence-electron chi connectivity index (χ2n) is 5.70. The van der Waals surface area contributed by atoms with Crippen LogP contribution in [0.5, 0.6) is 0 Å². The van der Waals surface area contributed by atoms with E-state index in [-0.39, 0.29) is 25.0 Å². The molecule has 0 radical (unpaired) electrons. The van der Waals surface area contributed by atoms with Crippen LogP contribution in [0.1, 0.15) is 45.0 Å². The second kappa shape index (κ2) is 7.22. The zero-order valence-corrected chi connectivity index (χ0v) is 13.1. The molecule has 0 amide bonds. The van der Waals surface area contributed by atoms with Crippen molar-refractivity contribution in [1.29, 1.82) is 0 Å². The van der Waals surface area contributed by atoms with Gasteiger partial charge in [-0.2, -0.15) is 13.2 Å². The number of halogens is 3. The molecule has 0 saturated carbocycles. The van der Waals surface area contributed by atoms with E-state index in [4.69, 9.17) is 0 Å². The summed E-state index contributed by atoms with van der Waals surface area (Å²) in [6, 6.07) is -1.36. The van der Waals surface area contributed by atoms with E-state index in [0.29, 0.717) is 0 Å². The van der Waals surface area contributed by atoms with Gasteiger partial charge in [-0.1, -0.05) is 5.21 Å². The lowest BCUT2D eigenvalue weighted by Crippen LogP contribution is -2.43. The smallest absolute Gasteiger partial charge is 0.309 e. The summed E-state index contributed by atoms with van der Waals surface area (Å²) in [4.78, 5) is 1.20. The minimum absolute atomic E-state index is 0.000836. The molecule has 0 aromatic carbocycles. The predicted molar refractivity (Wildman–Crippen MR) is 75.0 cm³/mol. The molecule has 0 fully saturated rings. The zero-order valence-electron chi connectivity index (χ0n) is 13.1. The number of hydrogen-bond acceptors (Lipinski definition) is 4.